The van der Waals surface area contributed by atoms with Gasteiger partial charge in [-0.3, -0.25) is 0 Å². The molecule has 0 bridgehead atoms. The highest BCUT2D eigenvalue weighted by Gasteiger charge is 2.12. The molecule has 0 saturated carbocycles. The summed E-state index contributed by atoms with van der Waals surface area (Å²) in [5.74, 6) is 0. The Labute approximate surface area is 90.8 Å². The van der Waals surface area contributed by atoms with E-state index in [0.717, 1.165) is 11.1 Å². The minimum Gasteiger partial charge on any atom is -0.326 e. The summed E-state index contributed by atoms with van der Waals surface area (Å²) in [4.78, 5) is 0. The van der Waals surface area contributed by atoms with E-state index in [0.29, 0.717) is 13.1 Å². The van der Waals surface area contributed by atoms with Gasteiger partial charge in [0, 0.05) is 20.1 Å². The van der Waals surface area contributed by atoms with Crippen LogP contribution in [-0.2, 0) is 23.1 Å². The van der Waals surface area contributed by atoms with E-state index in [4.69, 9.17) is 5.73 Å². The molecule has 0 aliphatic carbocycles. The topological polar surface area (TPSA) is 63.4 Å². The van der Waals surface area contributed by atoms with Crippen LogP contribution in [0.3, 0.4) is 0 Å². The maximum Gasteiger partial charge on any atom is 0.211 e. The van der Waals surface area contributed by atoms with Gasteiger partial charge in [-0.2, -0.15) is 0 Å². The second-order valence-electron chi connectivity index (χ2n) is 3.49. The molecule has 4 nitrogen and oxygen atoms in total. The predicted octanol–water partition coefficient (Wildman–Crippen LogP) is 0.537. The van der Waals surface area contributed by atoms with Crippen LogP contribution in [0.5, 0.6) is 0 Å². The van der Waals surface area contributed by atoms with Gasteiger partial charge in [0.2, 0.25) is 10.0 Å². The minimum atomic E-state index is -3.13. The zero-order valence-corrected chi connectivity index (χ0v) is 9.79. The molecule has 0 aliphatic heterocycles. The maximum absolute atomic E-state index is 11.2. The van der Waals surface area contributed by atoms with E-state index in [2.05, 4.69) is 0 Å². The van der Waals surface area contributed by atoms with Crippen LogP contribution >= 0.6 is 0 Å². The molecule has 0 fully saturated rings. The molecule has 84 valence electrons. The highest BCUT2D eigenvalue weighted by atomic mass is 32.2. The Morgan fingerprint density at radius 2 is 1.80 bits per heavy atom. The van der Waals surface area contributed by atoms with Crippen LogP contribution in [0.2, 0.25) is 0 Å². The predicted molar refractivity (Wildman–Crippen MR) is 60.6 cm³/mol. The third-order valence-electron chi connectivity index (χ3n) is 2.30. The van der Waals surface area contributed by atoms with Crippen LogP contribution in [0.15, 0.2) is 24.3 Å². The van der Waals surface area contributed by atoms with E-state index in [1.54, 1.807) is 7.05 Å². The lowest BCUT2D eigenvalue weighted by Gasteiger charge is -2.16. The van der Waals surface area contributed by atoms with Crippen LogP contribution < -0.4 is 5.73 Å². The fourth-order valence-electron chi connectivity index (χ4n) is 1.27. The molecule has 1 rings (SSSR count). The lowest BCUT2D eigenvalue weighted by Crippen LogP contribution is -2.25. The van der Waals surface area contributed by atoms with Gasteiger partial charge < -0.3 is 5.73 Å². The minimum absolute atomic E-state index is 0.367. The van der Waals surface area contributed by atoms with E-state index in [9.17, 15) is 8.42 Å². The lowest BCUT2D eigenvalue weighted by atomic mass is 10.1. The van der Waals surface area contributed by atoms with Crippen LogP contribution in [0.4, 0.5) is 0 Å². The van der Waals surface area contributed by atoms with Crippen LogP contribution in [-0.4, -0.2) is 26.0 Å². The number of sulfonamides is 1. The zero-order chi connectivity index (χ0) is 11.5. The number of hydrogen-bond donors (Lipinski definition) is 1. The van der Waals surface area contributed by atoms with Crippen molar-refractivity contribution in [3.8, 4) is 0 Å². The molecule has 0 spiro atoms. The number of benzene rings is 1. The van der Waals surface area contributed by atoms with Crippen molar-refractivity contribution in [1.29, 1.82) is 0 Å². The summed E-state index contributed by atoms with van der Waals surface area (Å²) in [6, 6.07) is 7.58. The molecule has 0 aliphatic rings. The molecule has 0 unspecified atom stereocenters. The Kier molecular flexibility index (Phi) is 3.84. The van der Waals surface area contributed by atoms with Crippen molar-refractivity contribution in [2.24, 2.45) is 5.73 Å². The quantitative estimate of drug-likeness (QED) is 0.818. The van der Waals surface area contributed by atoms with Gasteiger partial charge in [0.25, 0.3) is 0 Å². The molecule has 0 aromatic heterocycles. The van der Waals surface area contributed by atoms with Crippen molar-refractivity contribution in [3.63, 3.8) is 0 Å². The van der Waals surface area contributed by atoms with Gasteiger partial charge in [0.05, 0.1) is 6.26 Å². The number of nitrogens with two attached hydrogens (primary N) is 1. The molecule has 0 heterocycles. The van der Waals surface area contributed by atoms with Gasteiger partial charge in [0.1, 0.15) is 0 Å². The van der Waals surface area contributed by atoms with Gasteiger partial charge in [-0.05, 0) is 11.1 Å². The first-order valence-corrected chi connectivity index (χ1v) is 6.48. The van der Waals surface area contributed by atoms with Crippen LogP contribution in [0.25, 0.3) is 0 Å². The van der Waals surface area contributed by atoms with E-state index in [1.807, 2.05) is 24.3 Å². The van der Waals surface area contributed by atoms with Gasteiger partial charge in [-0.1, -0.05) is 24.3 Å². The van der Waals surface area contributed by atoms with Crippen molar-refractivity contribution in [2.75, 3.05) is 13.3 Å². The Bertz CT molecular complexity index is 429. The fourth-order valence-corrected chi connectivity index (χ4v) is 1.64. The first-order valence-electron chi connectivity index (χ1n) is 4.63. The van der Waals surface area contributed by atoms with Crippen molar-refractivity contribution >= 4 is 10.0 Å². The SMILES string of the molecule is CN(Cc1ccccc1CN)S(C)(=O)=O. The summed E-state index contributed by atoms with van der Waals surface area (Å²) in [6.07, 6.45) is 1.19. The number of rotatable bonds is 4. The second kappa shape index (κ2) is 4.74. The summed E-state index contributed by atoms with van der Waals surface area (Å²) in [5.41, 5.74) is 7.50. The van der Waals surface area contributed by atoms with Crippen molar-refractivity contribution in [2.45, 2.75) is 13.1 Å². The summed E-state index contributed by atoms with van der Waals surface area (Å²) in [5, 5.41) is 0. The lowest BCUT2D eigenvalue weighted by molar-refractivity contribution is 0.471. The van der Waals surface area contributed by atoms with Gasteiger partial charge in [0.15, 0.2) is 0 Å². The van der Waals surface area contributed by atoms with Crippen LogP contribution in [0.1, 0.15) is 11.1 Å². The van der Waals surface area contributed by atoms with Gasteiger partial charge in [-0.25, -0.2) is 12.7 Å². The highest BCUT2D eigenvalue weighted by molar-refractivity contribution is 7.88. The monoisotopic (exact) mass is 228 g/mol. The molecule has 0 saturated heterocycles. The normalized spacial score (nSPS) is 12.0. The van der Waals surface area contributed by atoms with E-state index in [1.165, 1.54) is 10.6 Å². The Hall–Kier alpha value is -0.910. The second-order valence-corrected chi connectivity index (χ2v) is 5.58. The molecule has 1 aromatic rings. The highest BCUT2D eigenvalue weighted by Crippen LogP contribution is 2.11. The first-order chi connectivity index (χ1) is 6.95. The molecule has 0 amide bonds. The van der Waals surface area contributed by atoms with Crippen molar-refractivity contribution in [1.82, 2.24) is 4.31 Å². The molecule has 1 aromatic carbocycles. The number of nitrogens with zero attached hydrogens (tertiary/aromatic N) is 1. The van der Waals surface area contributed by atoms with Crippen molar-refractivity contribution < 1.29 is 8.42 Å². The largest absolute Gasteiger partial charge is 0.326 e. The third kappa shape index (κ3) is 3.30. The molecule has 0 radical (unpaired) electrons. The van der Waals surface area contributed by atoms with Gasteiger partial charge >= 0.3 is 0 Å². The molecule has 2 N–H and O–H groups in total. The summed E-state index contributed by atoms with van der Waals surface area (Å²) >= 11 is 0. The summed E-state index contributed by atoms with van der Waals surface area (Å²) in [7, 11) is -1.58. The van der Waals surface area contributed by atoms with Gasteiger partial charge in [-0.15, -0.1) is 0 Å². The van der Waals surface area contributed by atoms with E-state index < -0.39 is 10.0 Å². The maximum atomic E-state index is 11.2. The molecular formula is C10H16N2O2S. The van der Waals surface area contributed by atoms with Crippen LogP contribution in [0, 0.1) is 0 Å². The average molecular weight is 228 g/mol. The number of hydrogen-bond acceptors (Lipinski definition) is 3. The molecular weight excluding hydrogens is 212 g/mol. The van der Waals surface area contributed by atoms with Crippen molar-refractivity contribution in [3.05, 3.63) is 35.4 Å². The zero-order valence-electron chi connectivity index (χ0n) is 8.97. The van der Waals surface area contributed by atoms with E-state index >= 15 is 0 Å². The Morgan fingerprint density at radius 1 is 1.27 bits per heavy atom. The Balaban J connectivity index is 2.90. The van der Waals surface area contributed by atoms with E-state index in [-0.39, 0.29) is 0 Å². The standard InChI is InChI=1S/C10H16N2O2S/c1-12(15(2,13)14)8-10-6-4-3-5-9(10)7-11/h3-6H,7-8,11H2,1-2H3. The molecule has 15 heavy (non-hydrogen) atoms. The summed E-state index contributed by atoms with van der Waals surface area (Å²) < 4.78 is 23.8. The Morgan fingerprint density at radius 3 is 2.27 bits per heavy atom. The smallest absolute Gasteiger partial charge is 0.211 e. The average Bonchev–Trinajstić information content (AvgIpc) is 2.17. The molecule has 5 heteroatoms. The molecule has 0 atom stereocenters. The third-order valence-corrected chi connectivity index (χ3v) is 3.56. The summed E-state index contributed by atoms with van der Waals surface area (Å²) in [6.45, 7) is 0.792. The fraction of sp³-hybridized carbons (Fsp3) is 0.400. The first kappa shape index (κ1) is 12.2.